The van der Waals surface area contributed by atoms with E-state index in [1.807, 2.05) is 0 Å². The predicted octanol–water partition coefficient (Wildman–Crippen LogP) is 10.7. The fourth-order valence-electron chi connectivity index (χ4n) is 10.1. The summed E-state index contributed by atoms with van der Waals surface area (Å²) in [5, 5.41) is 2.77. The summed E-state index contributed by atoms with van der Waals surface area (Å²) in [4.78, 5) is 5.64. The Morgan fingerprint density at radius 3 is 2.35 bits per heavy atom. The standard InChI is InChI=1S/C45H39BN2S/c1-6-7-14-27-23-24-35-31(25-27)28-16-12-17-30-41-40-29-15-8-9-18-32(29)45(2,3)33(40)26-37-42(41)46(48(35)43(28)30)34-19-13-22-39-44(34)47(37)36-20-10-11-21-38(36)49(39,4)5/h8-13,15-26H,6-7,14H2,1-5H3. The molecule has 0 amide bonds. The van der Waals surface area contributed by atoms with Gasteiger partial charge < -0.3 is 9.38 Å². The number of benzene rings is 6. The maximum Gasteiger partial charge on any atom is 0.333 e. The first-order valence-electron chi connectivity index (χ1n) is 17.9. The highest BCUT2D eigenvalue weighted by Crippen LogP contribution is 2.68. The Morgan fingerprint density at radius 1 is 0.694 bits per heavy atom. The second-order valence-corrected chi connectivity index (χ2v) is 19.1. The summed E-state index contributed by atoms with van der Waals surface area (Å²) in [7, 11) is -1.24. The quantitative estimate of drug-likeness (QED) is 0.173. The molecule has 11 rings (SSSR count). The molecule has 49 heavy (non-hydrogen) atoms. The van der Waals surface area contributed by atoms with Crippen molar-refractivity contribution in [2.45, 2.75) is 55.2 Å². The third kappa shape index (κ3) is 3.28. The fourth-order valence-corrected chi connectivity index (χ4v) is 12.6. The minimum Gasteiger partial charge on any atom is -0.375 e. The van der Waals surface area contributed by atoms with E-state index in [4.69, 9.17) is 0 Å². The summed E-state index contributed by atoms with van der Waals surface area (Å²) in [6.07, 6.45) is 8.56. The Morgan fingerprint density at radius 2 is 1.47 bits per heavy atom. The molecule has 7 aromatic rings. The van der Waals surface area contributed by atoms with E-state index in [2.05, 4.69) is 152 Å². The van der Waals surface area contributed by atoms with Gasteiger partial charge in [-0.15, -0.1) is 0 Å². The molecule has 238 valence electrons. The van der Waals surface area contributed by atoms with E-state index < -0.39 is 10.0 Å². The molecule has 0 radical (unpaired) electrons. The molecule has 0 bridgehead atoms. The van der Waals surface area contributed by atoms with Crippen molar-refractivity contribution in [2.75, 3.05) is 17.4 Å². The van der Waals surface area contributed by atoms with Gasteiger partial charge in [0.2, 0.25) is 0 Å². The minimum atomic E-state index is -1.24. The average molecular weight is 651 g/mol. The molecule has 3 aliphatic heterocycles. The molecule has 0 saturated carbocycles. The number of para-hydroxylation sites is 3. The normalized spacial score (nSPS) is 17.0. The zero-order valence-corrected chi connectivity index (χ0v) is 29.7. The lowest BCUT2D eigenvalue weighted by molar-refractivity contribution is 0.660. The van der Waals surface area contributed by atoms with E-state index in [9.17, 15) is 0 Å². The first-order valence-corrected chi connectivity index (χ1v) is 20.4. The van der Waals surface area contributed by atoms with Crippen molar-refractivity contribution in [1.82, 2.24) is 4.48 Å². The molecular weight excluding hydrogens is 611 g/mol. The van der Waals surface area contributed by atoms with Crippen molar-refractivity contribution >= 4 is 66.7 Å². The van der Waals surface area contributed by atoms with Crippen LogP contribution < -0.4 is 15.8 Å². The molecule has 0 fully saturated rings. The highest BCUT2D eigenvalue weighted by Gasteiger charge is 2.50. The first-order chi connectivity index (χ1) is 23.8. The molecule has 1 aliphatic carbocycles. The zero-order valence-electron chi connectivity index (χ0n) is 28.9. The van der Waals surface area contributed by atoms with Crippen LogP contribution in [-0.2, 0) is 11.8 Å². The number of anilines is 3. The Bertz CT molecular complexity index is 2620. The molecule has 0 N–H and O–H groups in total. The van der Waals surface area contributed by atoms with Crippen molar-refractivity contribution < 1.29 is 0 Å². The summed E-state index contributed by atoms with van der Waals surface area (Å²) < 4.78 is 2.74. The summed E-state index contributed by atoms with van der Waals surface area (Å²) in [5.41, 5.74) is 19.6. The van der Waals surface area contributed by atoms with Gasteiger partial charge in [0.05, 0.1) is 11.4 Å². The van der Waals surface area contributed by atoms with Crippen LogP contribution in [0.2, 0.25) is 0 Å². The van der Waals surface area contributed by atoms with Gasteiger partial charge in [-0.1, -0.05) is 100.0 Å². The number of hydrogen-bond donors (Lipinski definition) is 0. The van der Waals surface area contributed by atoms with Crippen LogP contribution in [0.3, 0.4) is 0 Å². The molecule has 4 heteroatoms. The van der Waals surface area contributed by atoms with Crippen LogP contribution in [0.1, 0.15) is 50.3 Å². The molecule has 6 aromatic carbocycles. The van der Waals surface area contributed by atoms with Gasteiger partial charge in [0.25, 0.3) is 0 Å². The smallest absolute Gasteiger partial charge is 0.333 e. The van der Waals surface area contributed by atoms with Crippen LogP contribution in [0.25, 0.3) is 44.1 Å². The average Bonchev–Trinajstić information content (AvgIpc) is 3.57. The number of nitrogens with zero attached hydrogens (tertiary/aromatic N) is 2. The Kier molecular flexibility index (Phi) is 5.36. The zero-order chi connectivity index (χ0) is 33.0. The minimum absolute atomic E-state index is 0.0780. The Hall–Kier alpha value is -4.67. The van der Waals surface area contributed by atoms with E-state index in [0.29, 0.717) is 0 Å². The number of aryl methyl sites for hydroxylation is 1. The Labute approximate surface area is 290 Å². The lowest BCUT2D eigenvalue weighted by atomic mass is 9.44. The highest BCUT2D eigenvalue weighted by molar-refractivity contribution is 8.33. The van der Waals surface area contributed by atoms with Crippen molar-refractivity contribution in [2.24, 2.45) is 0 Å². The first kappa shape index (κ1) is 28.2. The largest absolute Gasteiger partial charge is 0.375 e. The maximum absolute atomic E-state index is 2.74. The fraction of sp³-hybridized carbons (Fsp3) is 0.200. The van der Waals surface area contributed by atoms with Crippen LogP contribution >= 0.6 is 10.0 Å². The van der Waals surface area contributed by atoms with Gasteiger partial charge >= 0.3 is 6.85 Å². The van der Waals surface area contributed by atoms with Crippen LogP contribution in [0.4, 0.5) is 17.1 Å². The molecule has 0 atom stereocenters. The highest BCUT2D eigenvalue weighted by atomic mass is 32.3. The van der Waals surface area contributed by atoms with E-state index in [-0.39, 0.29) is 12.3 Å². The van der Waals surface area contributed by atoms with E-state index in [1.165, 1.54) is 111 Å². The van der Waals surface area contributed by atoms with Crippen molar-refractivity contribution in [3.8, 4) is 22.3 Å². The van der Waals surface area contributed by atoms with Crippen LogP contribution in [0.5, 0.6) is 0 Å². The molecule has 0 saturated heterocycles. The third-order valence-electron chi connectivity index (χ3n) is 12.4. The molecule has 0 unspecified atom stereocenters. The van der Waals surface area contributed by atoms with Crippen molar-refractivity contribution in [3.63, 3.8) is 0 Å². The topological polar surface area (TPSA) is 8.17 Å². The second-order valence-electron chi connectivity index (χ2n) is 15.5. The second kappa shape index (κ2) is 9.31. The summed E-state index contributed by atoms with van der Waals surface area (Å²) in [6.45, 7) is 7.24. The monoisotopic (exact) mass is 650 g/mol. The van der Waals surface area contributed by atoms with Gasteiger partial charge in [-0.3, -0.25) is 0 Å². The summed E-state index contributed by atoms with van der Waals surface area (Å²) >= 11 is 0. The predicted molar refractivity (Wildman–Crippen MR) is 212 cm³/mol. The summed E-state index contributed by atoms with van der Waals surface area (Å²) in [5.74, 6) is 0. The van der Waals surface area contributed by atoms with Gasteiger partial charge in [0.1, 0.15) is 0 Å². The van der Waals surface area contributed by atoms with Gasteiger partial charge in [0, 0.05) is 48.3 Å². The van der Waals surface area contributed by atoms with E-state index in [0.717, 1.165) is 6.42 Å². The lowest BCUT2D eigenvalue weighted by Crippen LogP contribution is -2.57. The van der Waals surface area contributed by atoms with Crippen LogP contribution in [0, 0.1) is 0 Å². The maximum atomic E-state index is 2.74. The van der Waals surface area contributed by atoms with Crippen LogP contribution in [0.15, 0.2) is 119 Å². The molecule has 0 spiro atoms. The van der Waals surface area contributed by atoms with E-state index >= 15 is 0 Å². The number of rotatable bonds is 3. The summed E-state index contributed by atoms with van der Waals surface area (Å²) in [6, 6.07) is 42.7. The molecule has 4 heterocycles. The van der Waals surface area contributed by atoms with Crippen molar-refractivity contribution in [3.05, 3.63) is 126 Å². The van der Waals surface area contributed by atoms with E-state index in [1.54, 1.807) is 0 Å². The van der Waals surface area contributed by atoms with Crippen LogP contribution in [-0.4, -0.2) is 23.8 Å². The third-order valence-corrected chi connectivity index (χ3v) is 15.3. The van der Waals surface area contributed by atoms with Gasteiger partial charge in [-0.25, -0.2) is 0 Å². The molecular formula is C45H39BN2S. The number of hydrogen-bond acceptors (Lipinski definition) is 1. The van der Waals surface area contributed by atoms with Gasteiger partial charge in [-0.2, -0.15) is 10.0 Å². The van der Waals surface area contributed by atoms with Gasteiger partial charge in [0.15, 0.2) is 0 Å². The Balaban J connectivity index is 1.36. The number of unbranched alkanes of at least 4 members (excludes halogenated alkanes) is 1. The molecule has 4 aliphatic rings. The molecule has 2 nitrogen and oxygen atoms in total. The number of fused-ring (bicyclic) bond motifs is 13. The number of aromatic nitrogens is 1. The molecule has 1 aromatic heterocycles. The SMILES string of the molecule is CCCCc1ccc2c(c1)c1cccc3c1n2B1c2cccc4c2N(c2ccccc2S4(C)C)c2cc4c(c-3c21)-c1ccccc1C4(C)C. The van der Waals surface area contributed by atoms with Crippen molar-refractivity contribution in [1.29, 1.82) is 0 Å². The van der Waals surface area contributed by atoms with Gasteiger partial charge in [-0.05, 0) is 106 Å². The lowest BCUT2D eigenvalue weighted by Gasteiger charge is -2.50.